The van der Waals surface area contributed by atoms with E-state index in [0.29, 0.717) is 19.3 Å². The molecule has 1 saturated heterocycles. The lowest BCUT2D eigenvalue weighted by atomic mass is 9.95. The van der Waals surface area contributed by atoms with Gasteiger partial charge in [-0.15, -0.1) is 0 Å². The molecule has 1 unspecified atom stereocenters. The lowest BCUT2D eigenvalue weighted by Gasteiger charge is -2.18. The summed E-state index contributed by atoms with van der Waals surface area (Å²) in [5, 5.41) is 2.28. The molecule has 0 spiro atoms. The van der Waals surface area contributed by atoms with E-state index in [4.69, 9.17) is 11.6 Å². The molecule has 1 atom stereocenters. The summed E-state index contributed by atoms with van der Waals surface area (Å²) in [6, 6.07) is 0. The van der Waals surface area contributed by atoms with Crippen LogP contribution >= 0.6 is 11.6 Å². The van der Waals surface area contributed by atoms with Gasteiger partial charge in [-0.2, -0.15) is 0 Å². The van der Waals surface area contributed by atoms with Crippen LogP contribution in [-0.2, 0) is 9.59 Å². The molecule has 1 fully saturated rings. The third kappa shape index (κ3) is 2.34. The Morgan fingerprint density at radius 2 is 2.33 bits per heavy atom. The number of carbonyl (C=O) groups excluding carboxylic acids is 2. The van der Waals surface area contributed by atoms with E-state index in [1.54, 1.807) is 6.08 Å². The second-order valence-electron chi connectivity index (χ2n) is 2.75. The van der Waals surface area contributed by atoms with Crippen molar-refractivity contribution in [2.75, 3.05) is 0 Å². The molecule has 12 heavy (non-hydrogen) atoms. The highest BCUT2D eigenvalue weighted by Crippen LogP contribution is 2.16. The quantitative estimate of drug-likeness (QED) is 0.660. The SMILES string of the molecule is O=C1CCC(C/C=C/Cl)C(=O)N1. The molecule has 0 bridgehead atoms. The van der Waals surface area contributed by atoms with E-state index in [9.17, 15) is 9.59 Å². The second-order valence-corrected chi connectivity index (χ2v) is 3.00. The van der Waals surface area contributed by atoms with Gasteiger partial charge in [0, 0.05) is 17.9 Å². The summed E-state index contributed by atoms with van der Waals surface area (Å²) in [6.45, 7) is 0. The number of allylic oxidation sites excluding steroid dienone is 1. The number of carbonyl (C=O) groups is 2. The molecule has 66 valence electrons. The van der Waals surface area contributed by atoms with E-state index in [1.807, 2.05) is 0 Å². The standard InChI is InChI=1S/C8H10ClNO2/c9-5-1-2-6-3-4-7(11)10-8(6)12/h1,5-6H,2-4H2,(H,10,11,12)/b5-1+. The number of halogens is 1. The van der Waals surface area contributed by atoms with Crippen LogP contribution in [0, 0.1) is 5.92 Å². The molecule has 1 aliphatic rings. The summed E-state index contributed by atoms with van der Waals surface area (Å²) in [5.41, 5.74) is 1.39. The minimum Gasteiger partial charge on any atom is -0.296 e. The first kappa shape index (κ1) is 9.26. The first-order valence-electron chi connectivity index (χ1n) is 3.83. The summed E-state index contributed by atoms with van der Waals surface area (Å²) < 4.78 is 0. The van der Waals surface area contributed by atoms with Crippen LogP contribution in [0.1, 0.15) is 19.3 Å². The predicted octanol–water partition coefficient (Wildman–Crippen LogP) is 1.18. The largest absolute Gasteiger partial charge is 0.296 e. The maximum atomic E-state index is 11.1. The molecule has 0 aromatic carbocycles. The van der Waals surface area contributed by atoms with Crippen molar-refractivity contribution in [3.05, 3.63) is 11.6 Å². The van der Waals surface area contributed by atoms with Crippen LogP contribution in [0.15, 0.2) is 11.6 Å². The fourth-order valence-corrected chi connectivity index (χ4v) is 1.28. The Balaban J connectivity index is 2.45. The molecule has 0 aliphatic carbocycles. The fourth-order valence-electron chi connectivity index (χ4n) is 1.18. The third-order valence-electron chi connectivity index (χ3n) is 1.86. The van der Waals surface area contributed by atoms with E-state index in [1.165, 1.54) is 5.54 Å². The number of piperidine rings is 1. The molecule has 1 N–H and O–H groups in total. The van der Waals surface area contributed by atoms with E-state index in [0.717, 1.165) is 0 Å². The van der Waals surface area contributed by atoms with Gasteiger partial charge in [-0.1, -0.05) is 17.7 Å². The van der Waals surface area contributed by atoms with Gasteiger partial charge < -0.3 is 0 Å². The zero-order chi connectivity index (χ0) is 8.97. The number of hydrogen-bond donors (Lipinski definition) is 1. The van der Waals surface area contributed by atoms with Crippen LogP contribution in [0.3, 0.4) is 0 Å². The smallest absolute Gasteiger partial charge is 0.229 e. The molecular weight excluding hydrogens is 178 g/mol. The minimum atomic E-state index is -0.180. The summed E-state index contributed by atoms with van der Waals surface area (Å²) in [7, 11) is 0. The van der Waals surface area contributed by atoms with Gasteiger partial charge >= 0.3 is 0 Å². The van der Waals surface area contributed by atoms with Gasteiger partial charge in [-0.3, -0.25) is 14.9 Å². The van der Waals surface area contributed by atoms with Crippen LogP contribution in [0.2, 0.25) is 0 Å². The molecule has 0 saturated carbocycles. The average Bonchev–Trinajstić information content (AvgIpc) is 2.03. The summed E-state index contributed by atoms with van der Waals surface area (Å²) in [4.78, 5) is 21.8. The van der Waals surface area contributed by atoms with E-state index >= 15 is 0 Å². The van der Waals surface area contributed by atoms with Gasteiger partial charge in [0.25, 0.3) is 0 Å². The molecule has 3 nitrogen and oxygen atoms in total. The molecule has 1 aliphatic heterocycles. The normalized spacial score (nSPS) is 24.6. The Morgan fingerprint density at radius 3 is 2.92 bits per heavy atom. The van der Waals surface area contributed by atoms with Gasteiger partial charge in [0.1, 0.15) is 0 Å². The van der Waals surface area contributed by atoms with Crippen molar-refractivity contribution in [1.82, 2.24) is 5.32 Å². The van der Waals surface area contributed by atoms with E-state index in [-0.39, 0.29) is 17.7 Å². The van der Waals surface area contributed by atoms with Crippen molar-refractivity contribution in [3.63, 3.8) is 0 Å². The van der Waals surface area contributed by atoms with Crippen molar-refractivity contribution >= 4 is 23.4 Å². The molecule has 4 heteroatoms. The minimum absolute atomic E-state index is 0.0855. The van der Waals surface area contributed by atoms with Crippen LogP contribution in [0.25, 0.3) is 0 Å². The van der Waals surface area contributed by atoms with Gasteiger partial charge in [0.2, 0.25) is 11.8 Å². The molecule has 1 heterocycles. The maximum absolute atomic E-state index is 11.1. The zero-order valence-corrected chi connectivity index (χ0v) is 7.30. The van der Waals surface area contributed by atoms with Crippen molar-refractivity contribution in [1.29, 1.82) is 0 Å². The van der Waals surface area contributed by atoms with Crippen molar-refractivity contribution in [3.8, 4) is 0 Å². The Morgan fingerprint density at radius 1 is 1.58 bits per heavy atom. The number of imide groups is 1. The van der Waals surface area contributed by atoms with Crippen LogP contribution in [-0.4, -0.2) is 11.8 Å². The van der Waals surface area contributed by atoms with Crippen LogP contribution in [0.5, 0.6) is 0 Å². The molecular formula is C8H10ClNO2. The van der Waals surface area contributed by atoms with Crippen molar-refractivity contribution in [2.45, 2.75) is 19.3 Å². The summed E-state index contributed by atoms with van der Waals surface area (Å²) in [5.74, 6) is -0.440. The lowest BCUT2D eigenvalue weighted by Crippen LogP contribution is -2.40. The highest BCUT2D eigenvalue weighted by molar-refractivity contribution is 6.25. The van der Waals surface area contributed by atoms with Gasteiger partial charge in [0.15, 0.2) is 0 Å². The molecule has 0 aromatic heterocycles. The summed E-state index contributed by atoms with van der Waals surface area (Å²) in [6.07, 6.45) is 3.41. The van der Waals surface area contributed by atoms with Crippen molar-refractivity contribution in [2.24, 2.45) is 5.92 Å². The van der Waals surface area contributed by atoms with Gasteiger partial charge in [-0.25, -0.2) is 0 Å². The number of rotatable bonds is 2. The van der Waals surface area contributed by atoms with Gasteiger partial charge in [0.05, 0.1) is 0 Å². The summed E-state index contributed by atoms with van der Waals surface area (Å²) >= 11 is 5.32. The van der Waals surface area contributed by atoms with Gasteiger partial charge in [-0.05, 0) is 12.8 Å². The first-order chi connectivity index (χ1) is 5.74. The maximum Gasteiger partial charge on any atom is 0.229 e. The number of amides is 2. The highest BCUT2D eigenvalue weighted by Gasteiger charge is 2.24. The number of hydrogen-bond acceptors (Lipinski definition) is 2. The second kappa shape index (κ2) is 4.26. The average molecular weight is 188 g/mol. The third-order valence-corrected chi connectivity index (χ3v) is 2.04. The lowest BCUT2D eigenvalue weighted by molar-refractivity contribution is -0.136. The van der Waals surface area contributed by atoms with Crippen molar-refractivity contribution < 1.29 is 9.59 Å². The van der Waals surface area contributed by atoms with Crippen LogP contribution in [0.4, 0.5) is 0 Å². The molecule has 2 amide bonds. The Bertz CT molecular complexity index is 225. The Labute approximate surface area is 75.8 Å². The number of nitrogens with one attached hydrogen (secondary N) is 1. The monoisotopic (exact) mass is 187 g/mol. The fraction of sp³-hybridized carbons (Fsp3) is 0.500. The Hall–Kier alpha value is -0.830. The predicted molar refractivity (Wildman–Crippen MR) is 45.5 cm³/mol. The van der Waals surface area contributed by atoms with E-state index < -0.39 is 0 Å². The van der Waals surface area contributed by atoms with E-state index in [2.05, 4.69) is 5.32 Å². The molecule has 0 aromatic rings. The first-order valence-corrected chi connectivity index (χ1v) is 4.26. The molecule has 1 rings (SSSR count). The topological polar surface area (TPSA) is 46.2 Å². The Kier molecular flexibility index (Phi) is 3.29. The molecule has 0 radical (unpaired) electrons. The zero-order valence-electron chi connectivity index (χ0n) is 6.55. The highest BCUT2D eigenvalue weighted by atomic mass is 35.5. The van der Waals surface area contributed by atoms with Crippen LogP contribution < -0.4 is 5.32 Å².